The number of benzene rings is 1. The van der Waals surface area contributed by atoms with Crippen molar-refractivity contribution in [2.75, 3.05) is 31.1 Å². The van der Waals surface area contributed by atoms with Crippen molar-refractivity contribution in [2.24, 2.45) is 0 Å². The van der Waals surface area contributed by atoms with Crippen LogP contribution in [0, 0.1) is 0 Å². The summed E-state index contributed by atoms with van der Waals surface area (Å²) in [5.41, 5.74) is 0.747. The van der Waals surface area contributed by atoms with Crippen LogP contribution < -0.4 is 9.64 Å². The summed E-state index contributed by atoms with van der Waals surface area (Å²) in [5.74, 6) is 0.600. The van der Waals surface area contributed by atoms with Crippen molar-refractivity contribution in [3.8, 4) is 5.75 Å². The maximum absolute atomic E-state index is 12.3. The third-order valence-corrected chi connectivity index (χ3v) is 4.61. The molecule has 1 atom stereocenters. The Hall–Kier alpha value is -2.15. The molecule has 1 saturated heterocycles. The molecule has 3 rings (SSSR count). The van der Waals surface area contributed by atoms with E-state index in [1.54, 1.807) is 17.0 Å². The highest BCUT2D eigenvalue weighted by atomic mass is 35.5. The molecule has 0 radical (unpaired) electrons. The lowest BCUT2D eigenvalue weighted by atomic mass is 10.2. The molecule has 154 valence electrons. The fourth-order valence-electron chi connectivity index (χ4n) is 3.13. The lowest BCUT2D eigenvalue weighted by Gasteiger charge is -2.39. The number of anilines is 1. The van der Waals surface area contributed by atoms with Crippen LogP contribution in [0.15, 0.2) is 16.5 Å². The summed E-state index contributed by atoms with van der Waals surface area (Å²) in [4.78, 5) is 20.7. The molecule has 1 aliphatic rings. The van der Waals surface area contributed by atoms with E-state index < -0.39 is 5.60 Å². The van der Waals surface area contributed by atoms with Gasteiger partial charge in [0.1, 0.15) is 11.1 Å². The quantitative estimate of drug-likeness (QED) is 0.728. The van der Waals surface area contributed by atoms with Crippen LogP contribution in [0.4, 0.5) is 10.8 Å². The molecule has 0 N–H and O–H groups in total. The minimum Gasteiger partial charge on any atom is -0.490 e. The van der Waals surface area contributed by atoms with E-state index in [4.69, 9.17) is 25.5 Å². The first-order valence-electron chi connectivity index (χ1n) is 9.65. The van der Waals surface area contributed by atoms with Gasteiger partial charge in [0.15, 0.2) is 11.3 Å². The molecule has 1 fully saturated rings. The topological polar surface area (TPSA) is 68.0 Å². The molecule has 1 amide bonds. The number of rotatable bonds is 4. The van der Waals surface area contributed by atoms with Crippen LogP contribution in [0.5, 0.6) is 5.75 Å². The van der Waals surface area contributed by atoms with Crippen LogP contribution in [-0.2, 0) is 4.74 Å². The maximum Gasteiger partial charge on any atom is 0.410 e. The van der Waals surface area contributed by atoms with Crippen molar-refractivity contribution in [1.29, 1.82) is 0 Å². The number of fused-ring (bicyclic) bond motifs is 1. The van der Waals surface area contributed by atoms with Gasteiger partial charge >= 0.3 is 6.09 Å². The lowest BCUT2D eigenvalue weighted by Crippen LogP contribution is -2.54. The SMILES string of the molecule is CCCOc1cc(Cl)cc2nc(N3CCN(C(=O)OC(C)(C)C)C[C@@H]3C)oc12. The smallest absolute Gasteiger partial charge is 0.410 e. The molecule has 1 aliphatic heterocycles. The Kier molecular flexibility index (Phi) is 5.93. The average molecular weight is 410 g/mol. The van der Waals surface area contributed by atoms with Gasteiger partial charge in [0.05, 0.1) is 6.61 Å². The van der Waals surface area contributed by atoms with Gasteiger partial charge in [0.2, 0.25) is 0 Å². The van der Waals surface area contributed by atoms with Gasteiger partial charge in [0, 0.05) is 36.8 Å². The van der Waals surface area contributed by atoms with Crippen LogP contribution in [0.25, 0.3) is 11.1 Å². The van der Waals surface area contributed by atoms with Gasteiger partial charge in [-0.15, -0.1) is 0 Å². The van der Waals surface area contributed by atoms with Crippen molar-refractivity contribution in [3.63, 3.8) is 0 Å². The van der Waals surface area contributed by atoms with Gasteiger partial charge < -0.3 is 23.7 Å². The standard InChI is InChI=1S/C20H28ClN3O4/c1-6-9-26-16-11-14(21)10-15-17(16)27-18(22-15)24-8-7-23(12-13(24)2)19(25)28-20(3,4)5/h10-11,13H,6-9,12H2,1-5H3/t13-/m0/s1. The second-order valence-electron chi connectivity index (χ2n) is 8.07. The average Bonchev–Trinajstić information content (AvgIpc) is 3.01. The van der Waals surface area contributed by atoms with E-state index in [1.807, 2.05) is 34.6 Å². The maximum atomic E-state index is 12.3. The summed E-state index contributed by atoms with van der Waals surface area (Å²) in [6.45, 7) is 11.9. The Morgan fingerprint density at radius 2 is 2.11 bits per heavy atom. The zero-order valence-corrected chi connectivity index (χ0v) is 17.9. The Bertz CT molecular complexity index is 846. The Morgan fingerprint density at radius 3 is 2.75 bits per heavy atom. The molecular formula is C20H28ClN3O4. The van der Waals surface area contributed by atoms with E-state index in [-0.39, 0.29) is 12.1 Å². The minimum absolute atomic E-state index is 0.0322. The molecule has 2 aromatic rings. The van der Waals surface area contributed by atoms with Gasteiger partial charge in [0.25, 0.3) is 6.01 Å². The molecule has 0 spiro atoms. The third-order valence-electron chi connectivity index (χ3n) is 4.40. The highest BCUT2D eigenvalue weighted by molar-refractivity contribution is 6.31. The number of oxazole rings is 1. The molecule has 28 heavy (non-hydrogen) atoms. The number of nitrogens with zero attached hydrogens (tertiary/aromatic N) is 3. The molecule has 0 aliphatic carbocycles. The fraction of sp³-hybridized carbons (Fsp3) is 0.600. The Morgan fingerprint density at radius 1 is 1.36 bits per heavy atom. The molecular weight excluding hydrogens is 382 g/mol. The molecule has 2 heterocycles. The number of hydrogen-bond acceptors (Lipinski definition) is 6. The number of carbonyl (C=O) groups excluding carboxylic acids is 1. The normalized spacial score (nSPS) is 17.9. The summed E-state index contributed by atoms with van der Waals surface area (Å²) in [5, 5.41) is 0.557. The number of ether oxygens (including phenoxy) is 2. The first-order chi connectivity index (χ1) is 13.2. The van der Waals surface area contributed by atoms with Crippen LogP contribution in [0.1, 0.15) is 41.0 Å². The predicted molar refractivity (Wildman–Crippen MR) is 109 cm³/mol. The number of halogens is 1. The van der Waals surface area contributed by atoms with Crippen LogP contribution in [0.3, 0.4) is 0 Å². The predicted octanol–water partition coefficient (Wildman–Crippen LogP) is 4.72. The van der Waals surface area contributed by atoms with E-state index in [0.29, 0.717) is 54.1 Å². The molecule has 0 unspecified atom stereocenters. The third kappa shape index (κ3) is 4.63. The second-order valence-corrected chi connectivity index (χ2v) is 8.50. The van der Waals surface area contributed by atoms with E-state index in [9.17, 15) is 4.79 Å². The van der Waals surface area contributed by atoms with Crippen LogP contribution in [0.2, 0.25) is 5.02 Å². The first-order valence-corrected chi connectivity index (χ1v) is 10.0. The molecule has 8 heteroatoms. The number of aromatic nitrogens is 1. The van der Waals surface area contributed by atoms with Gasteiger partial charge in [-0.1, -0.05) is 18.5 Å². The summed E-state index contributed by atoms with van der Waals surface area (Å²) in [7, 11) is 0. The molecule has 1 aromatic heterocycles. The molecule has 0 bridgehead atoms. The van der Waals surface area contributed by atoms with Crippen LogP contribution >= 0.6 is 11.6 Å². The van der Waals surface area contributed by atoms with E-state index in [1.165, 1.54) is 0 Å². The Labute approximate surface area is 170 Å². The van der Waals surface area contributed by atoms with Gasteiger partial charge in [-0.2, -0.15) is 4.98 Å². The van der Waals surface area contributed by atoms with E-state index in [2.05, 4.69) is 9.88 Å². The zero-order chi connectivity index (χ0) is 20.5. The highest BCUT2D eigenvalue weighted by Crippen LogP contribution is 2.34. The lowest BCUT2D eigenvalue weighted by molar-refractivity contribution is 0.0216. The molecule has 7 nitrogen and oxygen atoms in total. The highest BCUT2D eigenvalue weighted by Gasteiger charge is 2.32. The largest absolute Gasteiger partial charge is 0.490 e. The van der Waals surface area contributed by atoms with Crippen molar-refractivity contribution in [1.82, 2.24) is 9.88 Å². The van der Waals surface area contributed by atoms with E-state index in [0.717, 1.165) is 6.42 Å². The summed E-state index contributed by atoms with van der Waals surface area (Å²) in [6, 6.07) is 4.06. The van der Waals surface area contributed by atoms with Gasteiger partial charge in [-0.3, -0.25) is 0 Å². The number of piperazine rings is 1. The van der Waals surface area contributed by atoms with Crippen molar-refractivity contribution >= 4 is 34.8 Å². The monoisotopic (exact) mass is 409 g/mol. The summed E-state index contributed by atoms with van der Waals surface area (Å²) < 4.78 is 17.3. The number of amides is 1. The van der Waals surface area contributed by atoms with E-state index >= 15 is 0 Å². The van der Waals surface area contributed by atoms with Gasteiger partial charge in [-0.05, 0) is 40.2 Å². The number of carbonyl (C=O) groups is 1. The zero-order valence-electron chi connectivity index (χ0n) is 17.1. The summed E-state index contributed by atoms with van der Waals surface area (Å²) in [6.07, 6.45) is 0.595. The van der Waals surface area contributed by atoms with Gasteiger partial charge in [-0.25, -0.2) is 4.79 Å². The van der Waals surface area contributed by atoms with Crippen LogP contribution in [-0.4, -0.2) is 53.9 Å². The number of hydrogen-bond donors (Lipinski definition) is 0. The van der Waals surface area contributed by atoms with Crippen molar-refractivity contribution in [3.05, 3.63) is 17.2 Å². The fourth-order valence-corrected chi connectivity index (χ4v) is 3.34. The minimum atomic E-state index is -0.508. The summed E-state index contributed by atoms with van der Waals surface area (Å²) >= 11 is 6.20. The Balaban J connectivity index is 1.77. The van der Waals surface area contributed by atoms with Crippen molar-refractivity contribution < 1.29 is 18.7 Å². The molecule has 0 saturated carbocycles. The first kappa shape index (κ1) is 20.6. The van der Waals surface area contributed by atoms with Crippen molar-refractivity contribution in [2.45, 2.75) is 52.7 Å². The second kappa shape index (κ2) is 8.07. The molecule has 1 aromatic carbocycles.